The summed E-state index contributed by atoms with van der Waals surface area (Å²) in [4.78, 5) is 9.90. The molecule has 1 aliphatic heterocycles. The van der Waals surface area contributed by atoms with Crippen LogP contribution in [0.25, 0.3) is 10.9 Å². The van der Waals surface area contributed by atoms with Gasteiger partial charge in [-0.1, -0.05) is 41.1 Å². The average Bonchev–Trinajstić information content (AvgIpc) is 2.54. The molecule has 1 aliphatic rings. The van der Waals surface area contributed by atoms with Gasteiger partial charge >= 0.3 is 0 Å². The zero-order valence-electron chi connectivity index (χ0n) is 12.6. The maximum absolute atomic E-state index is 4.92. The fourth-order valence-electron chi connectivity index (χ4n) is 3.02. The summed E-state index contributed by atoms with van der Waals surface area (Å²) in [6.45, 7) is 7.90. The van der Waals surface area contributed by atoms with Crippen molar-refractivity contribution in [3.63, 3.8) is 0 Å². The minimum Gasteiger partial charge on any atom is -0.354 e. The van der Waals surface area contributed by atoms with Gasteiger partial charge in [-0.05, 0) is 25.1 Å². The standard InChI is InChI=1S/C17H22BrN3/c1-2-7-20-8-10-21(11-9-20)17-15(13-18)12-14-5-3-4-6-16(14)19-17/h3-6,12H,2,7-11,13H2,1H3. The highest BCUT2D eigenvalue weighted by atomic mass is 79.9. The van der Waals surface area contributed by atoms with Crippen LogP contribution in [-0.2, 0) is 5.33 Å². The summed E-state index contributed by atoms with van der Waals surface area (Å²) in [5, 5.41) is 2.08. The van der Waals surface area contributed by atoms with Crippen LogP contribution in [-0.4, -0.2) is 42.6 Å². The van der Waals surface area contributed by atoms with E-state index in [9.17, 15) is 0 Å². The van der Waals surface area contributed by atoms with Crippen molar-refractivity contribution in [3.05, 3.63) is 35.9 Å². The summed E-state index contributed by atoms with van der Waals surface area (Å²) < 4.78 is 0. The number of para-hydroxylation sites is 1. The molecule has 0 spiro atoms. The highest BCUT2D eigenvalue weighted by molar-refractivity contribution is 9.08. The van der Waals surface area contributed by atoms with Gasteiger partial charge in [0.1, 0.15) is 5.82 Å². The van der Waals surface area contributed by atoms with Crippen LogP contribution in [0.1, 0.15) is 18.9 Å². The molecular weight excluding hydrogens is 326 g/mol. The second-order valence-electron chi connectivity index (χ2n) is 5.63. The van der Waals surface area contributed by atoms with Crippen molar-refractivity contribution in [2.75, 3.05) is 37.6 Å². The van der Waals surface area contributed by atoms with Gasteiger partial charge in [0.05, 0.1) is 5.52 Å². The van der Waals surface area contributed by atoms with E-state index in [1.807, 2.05) is 0 Å². The Morgan fingerprint density at radius 2 is 1.90 bits per heavy atom. The normalized spacial score (nSPS) is 16.6. The Hall–Kier alpha value is -1.13. The second-order valence-corrected chi connectivity index (χ2v) is 6.19. The molecule has 0 aliphatic carbocycles. The number of pyridine rings is 1. The third-order valence-electron chi connectivity index (χ3n) is 4.14. The highest BCUT2D eigenvalue weighted by Gasteiger charge is 2.19. The van der Waals surface area contributed by atoms with Gasteiger partial charge in [-0.15, -0.1) is 0 Å². The molecule has 0 N–H and O–H groups in total. The molecule has 1 fully saturated rings. The monoisotopic (exact) mass is 347 g/mol. The van der Waals surface area contributed by atoms with Crippen LogP contribution in [0.2, 0.25) is 0 Å². The molecule has 0 atom stereocenters. The summed E-state index contributed by atoms with van der Waals surface area (Å²) in [6.07, 6.45) is 1.24. The predicted molar refractivity (Wildman–Crippen MR) is 93.3 cm³/mol. The van der Waals surface area contributed by atoms with Crippen LogP contribution in [0.3, 0.4) is 0 Å². The zero-order valence-corrected chi connectivity index (χ0v) is 14.1. The first-order valence-corrected chi connectivity index (χ1v) is 8.86. The number of anilines is 1. The molecular formula is C17H22BrN3. The van der Waals surface area contributed by atoms with Crippen LogP contribution in [0, 0.1) is 0 Å². The number of nitrogens with zero attached hydrogens (tertiary/aromatic N) is 3. The Morgan fingerprint density at radius 1 is 1.14 bits per heavy atom. The van der Waals surface area contributed by atoms with Crippen LogP contribution < -0.4 is 4.90 Å². The third kappa shape index (κ3) is 3.22. The largest absolute Gasteiger partial charge is 0.354 e. The van der Waals surface area contributed by atoms with Gasteiger partial charge in [-0.25, -0.2) is 4.98 Å². The van der Waals surface area contributed by atoms with Crippen molar-refractivity contribution in [1.29, 1.82) is 0 Å². The van der Waals surface area contributed by atoms with E-state index in [2.05, 4.69) is 63.0 Å². The second kappa shape index (κ2) is 6.75. The van der Waals surface area contributed by atoms with Crippen LogP contribution in [0.4, 0.5) is 5.82 Å². The Bertz CT molecular complexity index is 606. The number of fused-ring (bicyclic) bond motifs is 1. The SMILES string of the molecule is CCCN1CCN(c2nc3ccccc3cc2CBr)CC1. The molecule has 1 saturated heterocycles. The number of rotatable bonds is 4. The van der Waals surface area contributed by atoms with Gasteiger partial charge in [0.15, 0.2) is 0 Å². The lowest BCUT2D eigenvalue weighted by Crippen LogP contribution is -2.47. The van der Waals surface area contributed by atoms with Crippen molar-refractivity contribution < 1.29 is 0 Å². The lowest BCUT2D eigenvalue weighted by atomic mass is 10.1. The lowest BCUT2D eigenvalue weighted by Gasteiger charge is -2.36. The quantitative estimate of drug-likeness (QED) is 0.786. The van der Waals surface area contributed by atoms with Crippen LogP contribution >= 0.6 is 15.9 Å². The van der Waals surface area contributed by atoms with Gasteiger partial charge in [0.25, 0.3) is 0 Å². The molecule has 2 aromatic rings. The Kier molecular flexibility index (Phi) is 4.76. The fourth-order valence-corrected chi connectivity index (χ4v) is 3.43. The van der Waals surface area contributed by atoms with E-state index in [1.54, 1.807) is 0 Å². The molecule has 0 saturated carbocycles. The van der Waals surface area contributed by atoms with E-state index >= 15 is 0 Å². The van der Waals surface area contributed by atoms with Crippen molar-refractivity contribution in [3.8, 4) is 0 Å². The molecule has 0 radical (unpaired) electrons. The van der Waals surface area contributed by atoms with Gasteiger partial charge in [-0.3, -0.25) is 4.90 Å². The Morgan fingerprint density at radius 3 is 2.62 bits per heavy atom. The van der Waals surface area contributed by atoms with Crippen molar-refractivity contribution in [1.82, 2.24) is 9.88 Å². The van der Waals surface area contributed by atoms with Crippen LogP contribution in [0.5, 0.6) is 0 Å². The van der Waals surface area contributed by atoms with E-state index in [-0.39, 0.29) is 0 Å². The number of halogens is 1. The summed E-state index contributed by atoms with van der Waals surface area (Å²) in [5.74, 6) is 1.15. The third-order valence-corrected chi connectivity index (χ3v) is 4.74. The van der Waals surface area contributed by atoms with E-state index in [0.717, 1.165) is 42.8 Å². The molecule has 0 bridgehead atoms. The first-order valence-electron chi connectivity index (χ1n) is 7.73. The van der Waals surface area contributed by atoms with E-state index in [0.29, 0.717) is 0 Å². The molecule has 0 amide bonds. The molecule has 0 unspecified atom stereocenters. The maximum Gasteiger partial charge on any atom is 0.133 e. The smallest absolute Gasteiger partial charge is 0.133 e. The predicted octanol–water partition coefficient (Wildman–Crippen LogP) is 3.66. The van der Waals surface area contributed by atoms with E-state index in [1.165, 1.54) is 23.9 Å². The first-order chi connectivity index (χ1) is 10.3. The van der Waals surface area contributed by atoms with E-state index < -0.39 is 0 Å². The van der Waals surface area contributed by atoms with Crippen molar-refractivity contribution >= 4 is 32.7 Å². The number of benzene rings is 1. The number of alkyl halides is 1. The summed E-state index contributed by atoms with van der Waals surface area (Å²) in [5.41, 5.74) is 2.38. The molecule has 4 heteroatoms. The van der Waals surface area contributed by atoms with Crippen molar-refractivity contribution in [2.24, 2.45) is 0 Å². The number of hydrogen-bond donors (Lipinski definition) is 0. The zero-order chi connectivity index (χ0) is 14.7. The fraction of sp³-hybridized carbons (Fsp3) is 0.471. The number of aromatic nitrogens is 1. The van der Waals surface area contributed by atoms with Crippen molar-refractivity contribution in [2.45, 2.75) is 18.7 Å². The minimum atomic E-state index is 0.856. The molecule has 1 aromatic carbocycles. The maximum atomic E-state index is 4.92. The number of hydrogen-bond acceptors (Lipinski definition) is 3. The Labute approximate surface area is 135 Å². The molecule has 1 aromatic heterocycles. The van der Waals surface area contributed by atoms with Gasteiger partial charge in [0, 0.05) is 42.5 Å². The number of piperazine rings is 1. The minimum absolute atomic E-state index is 0.856. The molecule has 3 rings (SSSR count). The van der Waals surface area contributed by atoms with Crippen LogP contribution in [0.15, 0.2) is 30.3 Å². The van der Waals surface area contributed by atoms with Gasteiger partial charge in [0.2, 0.25) is 0 Å². The summed E-state index contributed by atoms with van der Waals surface area (Å²) in [7, 11) is 0. The summed E-state index contributed by atoms with van der Waals surface area (Å²) >= 11 is 3.62. The lowest BCUT2D eigenvalue weighted by molar-refractivity contribution is 0.258. The molecule has 21 heavy (non-hydrogen) atoms. The molecule has 3 nitrogen and oxygen atoms in total. The summed E-state index contributed by atoms with van der Waals surface area (Å²) in [6, 6.07) is 10.6. The van der Waals surface area contributed by atoms with Gasteiger partial charge < -0.3 is 4.90 Å². The Balaban J connectivity index is 1.86. The molecule has 2 heterocycles. The first kappa shape index (κ1) is 14.8. The van der Waals surface area contributed by atoms with E-state index in [4.69, 9.17) is 4.98 Å². The highest BCUT2D eigenvalue weighted by Crippen LogP contribution is 2.26. The van der Waals surface area contributed by atoms with Gasteiger partial charge in [-0.2, -0.15) is 0 Å². The average molecular weight is 348 g/mol. The molecule has 112 valence electrons. The topological polar surface area (TPSA) is 19.4 Å².